The molecule has 0 aliphatic heterocycles. The number of aromatic hydroxyl groups is 1. The predicted octanol–water partition coefficient (Wildman–Crippen LogP) is 1.70. The molecule has 3 amide bonds. The van der Waals surface area contributed by atoms with Gasteiger partial charge in [-0.25, -0.2) is 4.79 Å². The van der Waals surface area contributed by atoms with Gasteiger partial charge in [-0.1, -0.05) is 44.2 Å². The molecule has 12 nitrogen and oxygen atoms in total. The maximum Gasteiger partial charge on any atom is 0.326 e. The lowest BCUT2D eigenvalue weighted by Gasteiger charge is -2.26. The number of amides is 3. The number of para-hydroxylation sites is 1. The van der Waals surface area contributed by atoms with Crippen molar-refractivity contribution in [2.75, 3.05) is 6.54 Å². The number of hydrogen-bond acceptors (Lipinski definition) is 7. The highest BCUT2D eigenvalue weighted by molar-refractivity contribution is 5.94. The van der Waals surface area contributed by atoms with E-state index in [1.807, 2.05) is 38.1 Å². The molecule has 1 heterocycles. The Hall–Kier alpha value is -4.42. The van der Waals surface area contributed by atoms with Gasteiger partial charge in [0.1, 0.15) is 23.9 Å². The number of carbonyl (C=O) groups excluding carboxylic acids is 3. The molecular weight excluding hydrogens is 564 g/mol. The van der Waals surface area contributed by atoms with Crippen LogP contribution in [0.15, 0.2) is 54.7 Å². The lowest BCUT2D eigenvalue weighted by Crippen LogP contribution is -2.58. The number of phenols is 1. The zero-order chi connectivity index (χ0) is 32.2. The maximum absolute atomic E-state index is 13.7. The second kappa shape index (κ2) is 16.4. The van der Waals surface area contributed by atoms with Crippen LogP contribution < -0.4 is 27.4 Å². The van der Waals surface area contributed by atoms with Gasteiger partial charge in [-0.2, -0.15) is 0 Å². The normalized spacial score (nSPS) is 14.0. The summed E-state index contributed by atoms with van der Waals surface area (Å²) in [5.74, 6) is -2.94. The van der Waals surface area contributed by atoms with Gasteiger partial charge < -0.3 is 42.6 Å². The molecule has 0 aliphatic carbocycles. The SMILES string of the molecule is CC(C)CC(NC(=O)C(Cc1ccc(O)cc1)NC(=O)C(N)Cc1c[nH]c2ccccc12)C(=O)NC(CCCCN)C(=O)O. The number of nitrogens with two attached hydrogens (primary N) is 2. The number of unbranched alkanes of at least 4 members (excludes halogenated alkanes) is 1. The summed E-state index contributed by atoms with van der Waals surface area (Å²) in [4.78, 5) is 55.1. The van der Waals surface area contributed by atoms with Crippen LogP contribution in [-0.2, 0) is 32.0 Å². The van der Waals surface area contributed by atoms with Crippen molar-refractivity contribution >= 4 is 34.6 Å². The van der Waals surface area contributed by atoms with E-state index in [4.69, 9.17) is 11.5 Å². The first-order valence-corrected chi connectivity index (χ1v) is 14.9. The maximum atomic E-state index is 13.7. The minimum Gasteiger partial charge on any atom is -0.508 e. The van der Waals surface area contributed by atoms with Crippen LogP contribution in [0, 0.1) is 5.92 Å². The van der Waals surface area contributed by atoms with Crippen molar-refractivity contribution < 1.29 is 29.4 Å². The Labute approximate surface area is 257 Å². The number of rotatable bonds is 17. The Balaban J connectivity index is 1.77. The quantitative estimate of drug-likeness (QED) is 0.105. The second-order valence-electron chi connectivity index (χ2n) is 11.5. The third-order valence-electron chi connectivity index (χ3n) is 7.36. The Morgan fingerprint density at radius 3 is 2.14 bits per heavy atom. The summed E-state index contributed by atoms with van der Waals surface area (Å²) in [6.45, 7) is 4.16. The van der Waals surface area contributed by atoms with E-state index in [1.54, 1.807) is 18.3 Å². The largest absolute Gasteiger partial charge is 0.508 e. The fourth-order valence-electron chi connectivity index (χ4n) is 4.98. The predicted molar refractivity (Wildman–Crippen MR) is 168 cm³/mol. The average molecular weight is 609 g/mol. The molecule has 0 saturated heterocycles. The van der Waals surface area contributed by atoms with Gasteiger partial charge in [0.15, 0.2) is 0 Å². The Morgan fingerprint density at radius 2 is 1.48 bits per heavy atom. The van der Waals surface area contributed by atoms with E-state index >= 15 is 0 Å². The smallest absolute Gasteiger partial charge is 0.326 e. The van der Waals surface area contributed by atoms with E-state index in [9.17, 15) is 29.4 Å². The summed E-state index contributed by atoms with van der Waals surface area (Å²) in [6.07, 6.45) is 3.67. The van der Waals surface area contributed by atoms with Gasteiger partial charge in [0.2, 0.25) is 17.7 Å². The third kappa shape index (κ3) is 10.1. The summed E-state index contributed by atoms with van der Waals surface area (Å²) < 4.78 is 0. The molecule has 4 atom stereocenters. The highest BCUT2D eigenvalue weighted by atomic mass is 16.4. The Kier molecular flexibility index (Phi) is 12.7. The van der Waals surface area contributed by atoms with Gasteiger partial charge in [-0.05, 0) is 73.9 Å². The first kappa shape index (κ1) is 34.1. The molecule has 0 radical (unpaired) electrons. The van der Waals surface area contributed by atoms with E-state index in [1.165, 1.54) is 12.1 Å². The van der Waals surface area contributed by atoms with Crippen LogP contribution in [0.4, 0.5) is 0 Å². The number of hydrogen-bond donors (Lipinski definition) is 8. The molecule has 0 spiro atoms. The molecule has 0 bridgehead atoms. The molecule has 0 aliphatic rings. The number of carboxylic acid groups (broad SMARTS) is 1. The van der Waals surface area contributed by atoms with Crippen molar-refractivity contribution in [2.45, 2.75) is 76.5 Å². The van der Waals surface area contributed by atoms with Crippen molar-refractivity contribution in [3.8, 4) is 5.75 Å². The van der Waals surface area contributed by atoms with Crippen LogP contribution in [-0.4, -0.2) is 69.6 Å². The van der Waals surface area contributed by atoms with Crippen LogP contribution in [0.3, 0.4) is 0 Å². The summed E-state index contributed by atoms with van der Waals surface area (Å²) in [5.41, 5.74) is 14.2. The molecule has 0 fully saturated rings. The van der Waals surface area contributed by atoms with E-state index in [2.05, 4.69) is 20.9 Å². The molecule has 12 heteroatoms. The van der Waals surface area contributed by atoms with Gasteiger partial charge in [0, 0.05) is 23.5 Å². The molecule has 10 N–H and O–H groups in total. The van der Waals surface area contributed by atoms with Crippen LogP contribution >= 0.6 is 0 Å². The van der Waals surface area contributed by atoms with Crippen LogP contribution in [0.1, 0.15) is 50.7 Å². The van der Waals surface area contributed by atoms with Gasteiger partial charge >= 0.3 is 5.97 Å². The number of H-pyrrole nitrogens is 1. The van der Waals surface area contributed by atoms with E-state index in [0.29, 0.717) is 24.9 Å². The molecule has 238 valence electrons. The second-order valence-corrected chi connectivity index (χ2v) is 11.5. The van der Waals surface area contributed by atoms with Crippen molar-refractivity contribution in [3.63, 3.8) is 0 Å². The van der Waals surface area contributed by atoms with E-state index in [0.717, 1.165) is 16.5 Å². The highest BCUT2D eigenvalue weighted by Crippen LogP contribution is 2.19. The fraction of sp³-hybridized carbons (Fsp3) is 0.438. The zero-order valence-electron chi connectivity index (χ0n) is 25.2. The minimum absolute atomic E-state index is 0.0127. The number of fused-ring (bicyclic) bond motifs is 1. The fourth-order valence-corrected chi connectivity index (χ4v) is 4.98. The number of benzene rings is 2. The third-order valence-corrected chi connectivity index (χ3v) is 7.36. The lowest BCUT2D eigenvalue weighted by atomic mass is 9.99. The number of aromatic nitrogens is 1. The molecule has 2 aromatic carbocycles. The number of aromatic amines is 1. The van der Waals surface area contributed by atoms with Gasteiger partial charge in [-0.15, -0.1) is 0 Å². The molecule has 4 unspecified atom stereocenters. The molecular formula is C32H44N6O6. The first-order chi connectivity index (χ1) is 21.0. The summed E-state index contributed by atoms with van der Waals surface area (Å²) in [5, 5.41) is 28.3. The number of phenolic OH excluding ortho intramolecular Hbond substituents is 1. The monoisotopic (exact) mass is 608 g/mol. The molecule has 3 rings (SSSR count). The summed E-state index contributed by atoms with van der Waals surface area (Å²) >= 11 is 0. The van der Waals surface area contributed by atoms with Crippen LogP contribution in [0.25, 0.3) is 10.9 Å². The first-order valence-electron chi connectivity index (χ1n) is 14.9. The zero-order valence-corrected chi connectivity index (χ0v) is 25.2. The highest BCUT2D eigenvalue weighted by Gasteiger charge is 2.31. The average Bonchev–Trinajstić information content (AvgIpc) is 3.39. The lowest BCUT2D eigenvalue weighted by molar-refractivity contribution is -0.142. The van der Waals surface area contributed by atoms with E-state index < -0.39 is 47.9 Å². The molecule has 0 saturated carbocycles. The van der Waals surface area contributed by atoms with Crippen LogP contribution in [0.2, 0.25) is 0 Å². The summed E-state index contributed by atoms with van der Waals surface area (Å²) in [6, 6.07) is 9.60. The van der Waals surface area contributed by atoms with Crippen molar-refractivity contribution in [1.82, 2.24) is 20.9 Å². The Morgan fingerprint density at radius 1 is 0.841 bits per heavy atom. The van der Waals surface area contributed by atoms with Crippen LogP contribution in [0.5, 0.6) is 5.75 Å². The van der Waals surface area contributed by atoms with E-state index in [-0.39, 0.29) is 37.4 Å². The topological polar surface area (TPSA) is 213 Å². The number of carbonyl (C=O) groups is 4. The number of nitrogens with one attached hydrogen (secondary N) is 4. The van der Waals surface area contributed by atoms with Gasteiger partial charge in [-0.3, -0.25) is 14.4 Å². The molecule has 3 aromatic rings. The number of aliphatic carboxylic acids is 1. The molecule has 1 aromatic heterocycles. The standard InChI is InChI=1S/C32H44N6O6/c1-19(2)15-27(30(41)36-26(32(43)44)9-5-6-14-33)38-31(42)28(16-20-10-12-22(39)13-11-20)37-29(40)24(34)17-21-18-35-25-8-4-3-7-23(21)25/h3-4,7-8,10-13,18-19,24,26-28,35,39H,5-6,9,14-17,33-34H2,1-2H3,(H,36,41)(H,37,40)(H,38,42)(H,43,44). The van der Waals surface area contributed by atoms with Crippen molar-refractivity contribution in [2.24, 2.45) is 17.4 Å². The Bertz CT molecular complexity index is 1410. The summed E-state index contributed by atoms with van der Waals surface area (Å²) in [7, 11) is 0. The van der Waals surface area contributed by atoms with Crippen molar-refractivity contribution in [3.05, 3.63) is 65.9 Å². The van der Waals surface area contributed by atoms with Gasteiger partial charge in [0.05, 0.1) is 6.04 Å². The van der Waals surface area contributed by atoms with Gasteiger partial charge in [0.25, 0.3) is 0 Å². The minimum atomic E-state index is -1.17. The molecule has 44 heavy (non-hydrogen) atoms. The number of carboxylic acids is 1. The van der Waals surface area contributed by atoms with Crippen molar-refractivity contribution in [1.29, 1.82) is 0 Å².